The van der Waals surface area contributed by atoms with E-state index in [4.69, 9.17) is 0 Å². The quantitative estimate of drug-likeness (QED) is 0.806. The van der Waals surface area contributed by atoms with Crippen LogP contribution >= 0.6 is 0 Å². The number of carboxylic acids is 1. The fourth-order valence-electron chi connectivity index (χ4n) is 1.42. The summed E-state index contributed by atoms with van der Waals surface area (Å²) in [4.78, 5) is 10.3. The molecule has 0 fully saturated rings. The Hall–Kier alpha value is -1.56. The van der Waals surface area contributed by atoms with Gasteiger partial charge in [0.15, 0.2) is 0 Å². The molecular formula is C10H10F3NO2. The van der Waals surface area contributed by atoms with Gasteiger partial charge >= 0.3 is 6.18 Å². The Morgan fingerprint density at radius 3 is 2.44 bits per heavy atom. The molecule has 0 radical (unpaired) electrons. The minimum absolute atomic E-state index is 0.126. The van der Waals surface area contributed by atoms with Crippen molar-refractivity contribution in [2.75, 3.05) is 0 Å². The lowest BCUT2D eigenvalue weighted by Gasteiger charge is -2.16. The number of aliphatic carboxylic acids is 1. The zero-order valence-electron chi connectivity index (χ0n) is 8.25. The summed E-state index contributed by atoms with van der Waals surface area (Å²) < 4.78 is 37.7. The Morgan fingerprint density at radius 2 is 1.94 bits per heavy atom. The Kier molecular flexibility index (Phi) is 3.54. The highest BCUT2D eigenvalue weighted by Crippen LogP contribution is 2.33. The molecule has 0 aliphatic rings. The van der Waals surface area contributed by atoms with Gasteiger partial charge in [-0.1, -0.05) is 18.2 Å². The second kappa shape index (κ2) is 4.52. The van der Waals surface area contributed by atoms with Crippen molar-refractivity contribution < 1.29 is 28.8 Å². The van der Waals surface area contributed by atoms with E-state index in [1.54, 1.807) is 0 Å². The number of rotatable bonds is 3. The van der Waals surface area contributed by atoms with Crippen molar-refractivity contribution in [1.29, 1.82) is 0 Å². The predicted molar refractivity (Wildman–Crippen MR) is 46.7 cm³/mol. The number of carboxylic acid groups (broad SMARTS) is 1. The summed E-state index contributed by atoms with van der Waals surface area (Å²) in [5.74, 6) is -1.42. The van der Waals surface area contributed by atoms with Crippen LogP contribution in [0.25, 0.3) is 0 Å². The maximum atomic E-state index is 12.6. The highest BCUT2D eigenvalue weighted by Gasteiger charge is 2.35. The van der Waals surface area contributed by atoms with Gasteiger partial charge in [0.25, 0.3) is 0 Å². The Balaban J connectivity index is 3.08. The van der Waals surface area contributed by atoms with Gasteiger partial charge in [-0.25, -0.2) is 0 Å². The minimum Gasteiger partial charge on any atom is -0.550 e. The van der Waals surface area contributed by atoms with E-state index >= 15 is 0 Å². The van der Waals surface area contributed by atoms with Gasteiger partial charge in [0.1, 0.15) is 6.04 Å². The largest absolute Gasteiger partial charge is 0.550 e. The molecule has 1 aromatic carbocycles. The van der Waals surface area contributed by atoms with Crippen molar-refractivity contribution in [3.8, 4) is 0 Å². The van der Waals surface area contributed by atoms with E-state index in [2.05, 4.69) is 5.73 Å². The number of carbonyl (C=O) groups is 1. The van der Waals surface area contributed by atoms with Crippen LogP contribution in [0.5, 0.6) is 0 Å². The number of carbonyl (C=O) groups excluding carboxylic acids is 1. The number of quaternary nitrogens is 1. The molecule has 0 amide bonds. The van der Waals surface area contributed by atoms with Gasteiger partial charge in [-0.3, -0.25) is 0 Å². The smallest absolute Gasteiger partial charge is 0.416 e. The molecule has 88 valence electrons. The third-order valence-electron chi connectivity index (χ3n) is 2.12. The molecule has 16 heavy (non-hydrogen) atoms. The van der Waals surface area contributed by atoms with Crippen LogP contribution in [0.2, 0.25) is 0 Å². The highest BCUT2D eigenvalue weighted by atomic mass is 19.4. The van der Waals surface area contributed by atoms with Crippen molar-refractivity contribution in [2.24, 2.45) is 0 Å². The standard InChI is InChI=1S/C10H10F3NO2/c11-10(12,13)7-4-2-1-3-6(7)8(14)5-9(15)16/h1-4,8H,5,14H2,(H,15,16)/t8-/m0/s1. The molecule has 0 saturated carbocycles. The maximum Gasteiger partial charge on any atom is 0.416 e. The van der Waals surface area contributed by atoms with Gasteiger partial charge in [-0.15, -0.1) is 0 Å². The first-order valence-corrected chi connectivity index (χ1v) is 4.51. The summed E-state index contributed by atoms with van der Waals surface area (Å²) >= 11 is 0. The molecular weight excluding hydrogens is 223 g/mol. The first-order valence-electron chi connectivity index (χ1n) is 4.51. The van der Waals surface area contributed by atoms with Crippen LogP contribution in [-0.2, 0) is 11.0 Å². The van der Waals surface area contributed by atoms with E-state index in [1.165, 1.54) is 18.2 Å². The average Bonchev–Trinajstić information content (AvgIpc) is 2.15. The molecule has 0 aliphatic carbocycles. The van der Waals surface area contributed by atoms with Crippen LogP contribution in [0.15, 0.2) is 24.3 Å². The summed E-state index contributed by atoms with van der Waals surface area (Å²) in [7, 11) is 0. The van der Waals surface area contributed by atoms with E-state index < -0.39 is 30.2 Å². The summed E-state index contributed by atoms with van der Waals surface area (Å²) in [6.07, 6.45) is -5.04. The molecule has 0 bridgehead atoms. The van der Waals surface area contributed by atoms with Crippen LogP contribution < -0.4 is 10.8 Å². The second-order valence-corrected chi connectivity index (χ2v) is 3.36. The second-order valence-electron chi connectivity index (χ2n) is 3.36. The molecule has 1 rings (SSSR count). The fourth-order valence-corrected chi connectivity index (χ4v) is 1.42. The lowest BCUT2D eigenvalue weighted by Crippen LogP contribution is -2.55. The van der Waals surface area contributed by atoms with E-state index in [0.717, 1.165) is 6.07 Å². The van der Waals surface area contributed by atoms with Gasteiger partial charge in [-0.05, 0) is 6.07 Å². The molecule has 0 spiro atoms. The molecule has 3 N–H and O–H groups in total. The molecule has 1 aromatic rings. The highest BCUT2D eigenvalue weighted by molar-refractivity contribution is 5.65. The summed E-state index contributed by atoms with van der Waals surface area (Å²) in [6.45, 7) is 0. The van der Waals surface area contributed by atoms with Gasteiger partial charge in [0.05, 0.1) is 5.56 Å². The normalized spacial score (nSPS) is 13.5. The molecule has 6 heteroatoms. The Morgan fingerprint density at radius 1 is 1.38 bits per heavy atom. The predicted octanol–water partition coefficient (Wildman–Crippen LogP) is 0.128. The van der Waals surface area contributed by atoms with Gasteiger partial charge in [0, 0.05) is 18.0 Å². The number of benzene rings is 1. The zero-order chi connectivity index (χ0) is 12.3. The molecule has 0 aliphatic heterocycles. The molecule has 0 unspecified atom stereocenters. The van der Waals surface area contributed by atoms with Crippen LogP contribution in [0.1, 0.15) is 23.6 Å². The molecule has 0 aromatic heterocycles. The number of hydrogen-bond donors (Lipinski definition) is 1. The maximum absolute atomic E-state index is 12.6. The average molecular weight is 233 g/mol. The first kappa shape index (κ1) is 12.5. The van der Waals surface area contributed by atoms with Gasteiger partial charge < -0.3 is 15.6 Å². The number of alkyl halides is 3. The number of halogens is 3. The molecule has 0 saturated heterocycles. The van der Waals surface area contributed by atoms with Crippen LogP contribution in [0, 0.1) is 0 Å². The number of hydrogen-bond acceptors (Lipinski definition) is 2. The Bertz CT molecular complexity index is 390. The van der Waals surface area contributed by atoms with Crippen LogP contribution in [0.4, 0.5) is 13.2 Å². The summed E-state index contributed by atoms with van der Waals surface area (Å²) in [6, 6.07) is 3.82. The lowest BCUT2D eigenvalue weighted by atomic mass is 9.98. The molecule has 0 heterocycles. The summed E-state index contributed by atoms with van der Waals surface area (Å²) in [5, 5.41) is 10.3. The Labute approximate surface area is 89.7 Å². The van der Waals surface area contributed by atoms with Crippen molar-refractivity contribution in [1.82, 2.24) is 0 Å². The van der Waals surface area contributed by atoms with Crippen molar-refractivity contribution in [3.63, 3.8) is 0 Å². The SMILES string of the molecule is [NH3+][C@@H](CC(=O)[O-])c1ccccc1C(F)(F)F. The van der Waals surface area contributed by atoms with Gasteiger partial charge in [-0.2, -0.15) is 13.2 Å². The third-order valence-corrected chi connectivity index (χ3v) is 2.12. The first-order chi connectivity index (χ1) is 7.32. The van der Waals surface area contributed by atoms with Crippen LogP contribution in [-0.4, -0.2) is 5.97 Å². The topological polar surface area (TPSA) is 67.8 Å². The van der Waals surface area contributed by atoms with Crippen molar-refractivity contribution >= 4 is 5.97 Å². The summed E-state index contributed by atoms with van der Waals surface area (Å²) in [5.41, 5.74) is 2.43. The minimum atomic E-state index is -4.50. The van der Waals surface area contributed by atoms with E-state index in [-0.39, 0.29) is 5.56 Å². The lowest BCUT2D eigenvalue weighted by molar-refractivity contribution is -0.431. The monoisotopic (exact) mass is 233 g/mol. The van der Waals surface area contributed by atoms with Gasteiger partial charge in [0.2, 0.25) is 0 Å². The third kappa shape index (κ3) is 2.96. The van der Waals surface area contributed by atoms with E-state index in [9.17, 15) is 23.1 Å². The van der Waals surface area contributed by atoms with Crippen molar-refractivity contribution in [2.45, 2.75) is 18.6 Å². The molecule has 3 nitrogen and oxygen atoms in total. The van der Waals surface area contributed by atoms with E-state index in [1.807, 2.05) is 0 Å². The zero-order valence-corrected chi connectivity index (χ0v) is 8.25. The van der Waals surface area contributed by atoms with Crippen LogP contribution in [0.3, 0.4) is 0 Å². The van der Waals surface area contributed by atoms with E-state index in [0.29, 0.717) is 0 Å². The fraction of sp³-hybridized carbons (Fsp3) is 0.300. The molecule has 1 atom stereocenters. The van der Waals surface area contributed by atoms with Crippen molar-refractivity contribution in [3.05, 3.63) is 35.4 Å².